The minimum Gasteiger partial charge on any atom is -0.380 e. The fraction of sp³-hybridized carbons (Fsp3) is 0.923. The normalized spacial score (nSPS) is 18.9. The Balaban J connectivity index is 2.11. The number of nitrogens with one attached hydrogen (secondary N) is 1. The second-order valence-corrected chi connectivity index (χ2v) is 5.13. The predicted molar refractivity (Wildman–Crippen MR) is 68.7 cm³/mol. The number of ether oxygens (including phenoxy) is 1. The molecule has 0 aliphatic heterocycles. The van der Waals surface area contributed by atoms with Gasteiger partial charge in [-0.15, -0.1) is 0 Å². The van der Waals surface area contributed by atoms with E-state index in [0.717, 1.165) is 19.3 Å². The molecule has 4 heteroatoms. The van der Waals surface area contributed by atoms with Crippen LogP contribution in [-0.2, 0) is 9.53 Å². The lowest BCUT2D eigenvalue weighted by Crippen LogP contribution is -2.40. The van der Waals surface area contributed by atoms with Crippen molar-refractivity contribution < 1.29 is 9.53 Å². The zero-order valence-corrected chi connectivity index (χ0v) is 11.0. The Morgan fingerprint density at radius 3 is 2.65 bits per heavy atom. The smallest absolute Gasteiger partial charge is 0.225 e. The number of hydrogen-bond donors (Lipinski definition) is 2. The third kappa shape index (κ3) is 5.04. The standard InChI is InChI=1S/C13H26N2O2/c1-13(6-3-2-4-7-13)12(16)15-9-5-10-17-11-8-14/h2-11,14H2,1H3,(H,15,16). The fourth-order valence-electron chi connectivity index (χ4n) is 2.33. The molecule has 0 aromatic rings. The molecule has 0 unspecified atom stereocenters. The lowest BCUT2D eigenvalue weighted by Gasteiger charge is -2.32. The number of hydrogen-bond acceptors (Lipinski definition) is 3. The highest BCUT2D eigenvalue weighted by Gasteiger charge is 2.33. The Bertz CT molecular complexity index is 225. The molecule has 0 radical (unpaired) electrons. The number of carbonyl (C=O) groups is 1. The van der Waals surface area contributed by atoms with Crippen LogP contribution in [-0.4, -0.2) is 32.2 Å². The molecule has 0 aromatic heterocycles. The van der Waals surface area contributed by atoms with Gasteiger partial charge in [0.2, 0.25) is 5.91 Å². The van der Waals surface area contributed by atoms with Gasteiger partial charge in [-0.3, -0.25) is 4.79 Å². The fourth-order valence-corrected chi connectivity index (χ4v) is 2.33. The zero-order valence-electron chi connectivity index (χ0n) is 11.0. The van der Waals surface area contributed by atoms with Gasteiger partial charge in [0.15, 0.2) is 0 Å². The third-order valence-electron chi connectivity index (χ3n) is 3.52. The van der Waals surface area contributed by atoms with E-state index in [0.29, 0.717) is 26.3 Å². The average Bonchev–Trinajstić information content (AvgIpc) is 2.34. The monoisotopic (exact) mass is 242 g/mol. The summed E-state index contributed by atoms with van der Waals surface area (Å²) in [6, 6.07) is 0. The van der Waals surface area contributed by atoms with Crippen molar-refractivity contribution >= 4 is 5.91 Å². The Kier molecular flexibility index (Phi) is 6.52. The van der Waals surface area contributed by atoms with E-state index in [1.807, 2.05) is 0 Å². The summed E-state index contributed by atoms with van der Waals surface area (Å²) >= 11 is 0. The summed E-state index contributed by atoms with van der Waals surface area (Å²) in [6.45, 7) is 4.63. The summed E-state index contributed by atoms with van der Waals surface area (Å²) < 4.78 is 5.26. The van der Waals surface area contributed by atoms with Crippen molar-refractivity contribution in [2.24, 2.45) is 11.1 Å². The first-order valence-electron chi connectivity index (χ1n) is 6.75. The molecule has 0 atom stereocenters. The van der Waals surface area contributed by atoms with Gasteiger partial charge in [0.25, 0.3) is 0 Å². The molecule has 1 rings (SSSR count). The van der Waals surface area contributed by atoms with Crippen molar-refractivity contribution in [3.8, 4) is 0 Å². The van der Waals surface area contributed by atoms with Crippen molar-refractivity contribution in [3.63, 3.8) is 0 Å². The summed E-state index contributed by atoms with van der Waals surface area (Å²) in [5.41, 5.74) is 5.18. The molecule has 1 saturated carbocycles. The molecule has 17 heavy (non-hydrogen) atoms. The maximum absolute atomic E-state index is 12.0. The van der Waals surface area contributed by atoms with Crippen LogP contribution in [0.5, 0.6) is 0 Å². The summed E-state index contributed by atoms with van der Waals surface area (Å²) in [7, 11) is 0. The van der Waals surface area contributed by atoms with E-state index in [1.54, 1.807) is 0 Å². The van der Waals surface area contributed by atoms with Gasteiger partial charge < -0.3 is 15.8 Å². The topological polar surface area (TPSA) is 64.3 Å². The van der Waals surface area contributed by atoms with E-state index in [4.69, 9.17) is 10.5 Å². The molecular formula is C13H26N2O2. The molecule has 0 spiro atoms. The van der Waals surface area contributed by atoms with Gasteiger partial charge in [0.05, 0.1) is 6.61 Å². The molecule has 1 fully saturated rings. The van der Waals surface area contributed by atoms with Crippen molar-refractivity contribution in [2.75, 3.05) is 26.3 Å². The van der Waals surface area contributed by atoms with Crippen LogP contribution < -0.4 is 11.1 Å². The largest absolute Gasteiger partial charge is 0.380 e. The van der Waals surface area contributed by atoms with Gasteiger partial charge in [-0.25, -0.2) is 0 Å². The number of carbonyl (C=O) groups excluding carboxylic acids is 1. The first kappa shape index (κ1) is 14.5. The molecule has 0 bridgehead atoms. The Labute approximate surface area is 104 Å². The van der Waals surface area contributed by atoms with Gasteiger partial charge in [0, 0.05) is 25.1 Å². The number of rotatable bonds is 7. The summed E-state index contributed by atoms with van der Waals surface area (Å²) in [4.78, 5) is 12.0. The average molecular weight is 242 g/mol. The molecule has 0 aromatic carbocycles. The SMILES string of the molecule is CC1(C(=O)NCCCOCCN)CCCCC1. The lowest BCUT2D eigenvalue weighted by atomic mass is 9.75. The molecule has 100 valence electrons. The Morgan fingerprint density at radius 2 is 2.00 bits per heavy atom. The van der Waals surface area contributed by atoms with E-state index >= 15 is 0 Å². The van der Waals surface area contributed by atoms with Crippen LogP contribution in [0, 0.1) is 5.41 Å². The van der Waals surface area contributed by atoms with E-state index < -0.39 is 0 Å². The van der Waals surface area contributed by atoms with Gasteiger partial charge in [-0.05, 0) is 19.3 Å². The van der Waals surface area contributed by atoms with Crippen molar-refractivity contribution in [1.82, 2.24) is 5.32 Å². The highest BCUT2D eigenvalue weighted by Crippen LogP contribution is 2.35. The van der Waals surface area contributed by atoms with Gasteiger partial charge in [-0.2, -0.15) is 0 Å². The molecule has 3 N–H and O–H groups in total. The first-order valence-corrected chi connectivity index (χ1v) is 6.75. The maximum atomic E-state index is 12.0. The quantitative estimate of drug-likeness (QED) is 0.664. The molecule has 1 amide bonds. The van der Waals surface area contributed by atoms with Gasteiger partial charge in [-0.1, -0.05) is 26.2 Å². The predicted octanol–water partition coefficient (Wildman–Crippen LogP) is 1.44. The minimum atomic E-state index is -0.129. The molecule has 4 nitrogen and oxygen atoms in total. The van der Waals surface area contributed by atoms with E-state index in [2.05, 4.69) is 12.2 Å². The van der Waals surface area contributed by atoms with Crippen molar-refractivity contribution in [2.45, 2.75) is 45.4 Å². The summed E-state index contributed by atoms with van der Waals surface area (Å²) in [5.74, 6) is 0.219. The molecule has 0 heterocycles. The van der Waals surface area contributed by atoms with Crippen molar-refractivity contribution in [3.05, 3.63) is 0 Å². The van der Waals surface area contributed by atoms with Gasteiger partial charge >= 0.3 is 0 Å². The van der Waals surface area contributed by atoms with E-state index in [-0.39, 0.29) is 11.3 Å². The van der Waals surface area contributed by atoms with Crippen LogP contribution in [0.25, 0.3) is 0 Å². The van der Waals surface area contributed by atoms with Crippen LogP contribution in [0.1, 0.15) is 45.4 Å². The van der Waals surface area contributed by atoms with Crippen LogP contribution in [0.3, 0.4) is 0 Å². The van der Waals surface area contributed by atoms with Crippen LogP contribution in [0.4, 0.5) is 0 Å². The van der Waals surface area contributed by atoms with E-state index in [1.165, 1.54) is 19.3 Å². The van der Waals surface area contributed by atoms with Crippen LogP contribution in [0.2, 0.25) is 0 Å². The number of amides is 1. The molecule has 1 aliphatic carbocycles. The third-order valence-corrected chi connectivity index (χ3v) is 3.52. The highest BCUT2D eigenvalue weighted by atomic mass is 16.5. The maximum Gasteiger partial charge on any atom is 0.225 e. The summed E-state index contributed by atoms with van der Waals surface area (Å²) in [5, 5.41) is 3.02. The highest BCUT2D eigenvalue weighted by molar-refractivity contribution is 5.82. The van der Waals surface area contributed by atoms with Gasteiger partial charge in [0.1, 0.15) is 0 Å². The number of nitrogens with two attached hydrogens (primary N) is 1. The van der Waals surface area contributed by atoms with Crippen LogP contribution >= 0.6 is 0 Å². The lowest BCUT2D eigenvalue weighted by molar-refractivity contribution is -0.131. The zero-order chi connectivity index (χ0) is 12.6. The molecular weight excluding hydrogens is 216 g/mol. The van der Waals surface area contributed by atoms with Crippen LogP contribution in [0.15, 0.2) is 0 Å². The molecule has 0 saturated heterocycles. The van der Waals surface area contributed by atoms with Crippen molar-refractivity contribution in [1.29, 1.82) is 0 Å². The van der Waals surface area contributed by atoms with E-state index in [9.17, 15) is 4.79 Å². The Morgan fingerprint density at radius 1 is 1.29 bits per heavy atom. The Hall–Kier alpha value is -0.610. The first-order chi connectivity index (χ1) is 8.19. The summed E-state index contributed by atoms with van der Waals surface area (Å²) in [6.07, 6.45) is 6.57. The second kappa shape index (κ2) is 7.67. The molecule has 1 aliphatic rings. The minimum absolute atomic E-state index is 0.129. The second-order valence-electron chi connectivity index (χ2n) is 5.13.